The van der Waals surface area contributed by atoms with Gasteiger partial charge in [0.1, 0.15) is 6.61 Å². The van der Waals surface area contributed by atoms with Gasteiger partial charge in [-0.25, -0.2) is 18.2 Å². The topological polar surface area (TPSA) is 73.3 Å². The predicted molar refractivity (Wildman–Crippen MR) is 80.5 cm³/mol. The highest BCUT2D eigenvalue weighted by Crippen LogP contribution is 2.22. The number of aromatic nitrogens is 1. The SMILES string of the molecule is Cc1nc(COC(=O)c2cc(S(C)(=O)=O)ccc2Cl)cs1. The number of nitrogens with zero attached hydrogens (tertiary/aromatic N) is 1. The lowest BCUT2D eigenvalue weighted by Gasteiger charge is -2.06. The van der Waals surface area contributed by atoms with Crippen LogP contribution in [0.4, 0.5) is 0 Å². The van der Waals surface area contributed by atoms with Gasteiger partial charge in [-0.05, 0) is 25.1 Å². The number of rotatable bonds is 4. The molecular formula is C13H12ClNO4S2. The van der Waals surface area contributed by atoms with E-state index in [1.165, 1.54) is 29.5 Å². The average molecular weight is 346 g/mol. The summed E-state index contributed by atoms with van der Waals surface area (Å²) in [5.74, 6) is -0.684. The summed E-state index contributed by atoms with van der Waals surface area (Å²) in [4.78, 5) is 16.2. The molecule has 0 aliphatic carbocycles. The van der Waals surface area contributed by atoms with Crippen LogP contribution in [0.25, 0.3) is 0 Å². The summed E-state index contributed by atoms with van der Waals surface area (Å²) < 4.78 is 28.1. The summed E-state index contributed by atoms with van der Waals surface area (Å²) in [7, 11) is -3.42. The van der Waals surface area contributed by atoms with Crippen molar-refractivity contribution in [1.82, 2.24) is 4.98 Å². The first-order valence-corrected chi connectivity index (χ1v) is 9.00. The molecule has 0 radical (unpaired) electrons. The largest absolute Gasteiger partial charge is 0.456 e. The molecule has 21 heavy (non-hydrogen) atoms. The molecule has 1 aromatic carbocycles. The van der Waals surface area contributed by atoms with Gasteiger partial charge in [-0.2, -0.15) is 0 Å². The van der Waals surface area contributed by atoms with Crippen molar-refractivity contribution in [2.75, 3.05) is 6.26 Å². The van der Waals surface area contributed by atoms with E-state index in [9.17, 15) is 13.2 Å². The van der Waals surface area contributed by atoms with Crippen molar-refractivity contribution in [2.24, 2.45) is 0 Å². The Bertz CT molecular complexity index is 783. The smallest absolute Gasteiger partial charge is 0.340 e. The van der Waals surface area contributed by atoms with Gasteiger partial charge in [0.05, 0.1) is 26.2 Å². The molecule has 0 atom stereocenters. The molecule has 8 heteroatoms. The zero-order valence-corrected chi connectivity index (χ0v) is 13.7. The van der Waals surface area contributed by atoms with Crippen LogP contribution in [0.15, 0.2) is 28.5 Å². The lowest BCUT2D eigenvalue weighted by atomic mass is 10.2. The monoisotopic (exact) mass is 345 g/mol. The van der Waals surface area contributed by atoms with Crippen LogP contribution in [0.2, 0.25) is 5.02 Å². The Hall–Kier alpha value is -1.44. The van der Waals surface area contributed by atoms with Crippen LogP contribution < -0.4 is 0 Å². The second kappa shape index (κ2) is 6.13. The van der Waals surface area contributed by atoms with Crippen LogP contribution in [-0.4, -0.2) is 25.6 Å². The van der Waals surface area contributed by atoms with E-state index in [-0.39, 0.29) is 22.1 Å². The number of esters is 1. The molecule has 0 unspecified atom stereocenters. The molecular weight excluding hydrogens is 334 g/mol. The Morgan fingerprint density at radius 3 is 2.71 bits per heavy atom. The Balaban J connectivity index is 2.18. The quantitative estimate of drug-likeness (QED) is 0.796. The summed E-state index contributed by atoms with van der Waals surface area (Å²) in [5.41, 5.74) is 0.660. The van der Waals surface area contributed by atoms with Crippen molar-refractivity contribution in [1.29, 1.82) is 0 Å². The molecule has 1 aromatic heterocycles. The normalized spacial score (nSPS) is 11.4. The van der Waals surface area contributed by atoms with E-state index in [4.69, 9.17) is 16.3 Å². The molecule has 5 nitrogen and oxygen atoms in total. The van der Waals surface area contributed by atoms with E-state index in [1.807, 2.05) is 6.92 Å². The Morgan fingerprint density at radius 2 is 2.14 bits per heavy atom. The first-order valence-electron chi connectivity index (χ1n) is 5.85. The maximum Gasteiger partial charge on any atom is 0.340 e. The van der Waals surface area contributed by atoms with Crippen molar-refractivity contribution < 1.29 is 17.9 Å². The second-order valence-electron chi connectivity index (χ2n) is 4.35. The number of halogens is 1. The van der Waals surface area contributed by atoms with E-state index < -0.39 is 15.8 Å². The van der Waals surface area contributed by atoms with Crippen LogP contribution in [0, 0.1) is 6.92 Å². The van der Waals surface area contributed by atoms with E-state index in [0.29, 0.717) is 5.69 Å². The first kappa shape index (κ1) is 15.9. The molecule has 0 fully saturated rings. The molecule has 0 amide bonds. The van der Waals surface area contributed by atoms with Crippen molar-refractivity contribution in [3.05, 3.63) is 44.9 Å². The fraction of sp³-hybridized carbons (Fsp3) is 0.231. The van der Waals surface area contributed by atoms with Gasteiger partial charge < -0.3 is 4.74 Å². The predicted octanol–water partition coefficient (Wildman–Crippen LogP) is 2.87. The maximum absolute atomic E-state index is 12.0. The average Bonchev–Trinajstić information content (AvgIpc) is 2.81. The fourth-order valence-electron chi connectivity index (χ4n) is 1.58. The molecule has 0 spiro atoms. The Labute approximate surface area is 131 Å². The molecule has 0 N–H and O–H groups in total. The Kier molecular flexibility index (Phi) is 4.65. The van der Waals surface area contributed by atoms with E-state index in [2.05, 4.69) is 4.98 Å². The fourth-order valence-corrected chi connectivity index (χ4v) is 3.02. The van der Waals surface area contributed by atoms with Crippen LogP contribution in [0.3, 0.4) is 0 Å². The summed E-state index contributed by atoms with van der Waals surface area (Å²) in [6, 6.07) is 3.92. The molecule has 2 rings (SSSR count). The van der Waals surface area contributed by atoms with Crippen LogP contribution in [0.1, 0.15) is 21.1 Å². The van der Waals surface area contributed by atoms with Crippen molar-refractivity contribution in [2.45, 2.75) is 18.4 Å². The van der Waals surface area contributed by atoms with E-state index >= 15 is 0 Å². The van der Waals surface area contributed by atoms with E-state index in [0.717, 1.165) is 11.3 Å². The molecule has 0 aliphatic heterocycles. The third kappa shape index (κ3) is 4.03. The molecule has 112 valence electrons. The standard InChI is InChI=1S/C13H12ClNO4S2/c1-8-15-9(7-20-8)6-19-13(16)11-5-10(21(2,17)18)3-4-12(11)14/h3-5,7H,6H2,1-2H3. The first-order chi connectivity index (χ1) is 9.77. The minimum atomic E-state index is -3.42. The molecule has 1 heterocycles. The van der Waals surface area contributed by atoms with Crippen LogP contribution in [0.5, 0.6) is 0 Å². The van der Waals surface area contributed by atoms with Gasteiger partial charge in [0.2, 0.25) is 0 Å². The summed E-state index contributed by atoms with van der Waals surface area (Å²) in [5, 5.41) is 2.80. The third-order valence-electron chi connectivity index (χ3n) is 2.60. The van der Waals surface area contributed by atoms with Gasteiger partial charge in [-0.15, -0.1) is 11.3 Å². The minimum Gasteiger partial charge on any atom is -0.456 e. The van der Waals surface area contributed by atoms with Gasteiger partial charge in [0.25, 0.3) is 0 Å². The van der Waals surface area contributed by atoms with Gasteiger partial charge in [-0.1, -0.05) is 11.6 Å². The molecule has 0 saturated carbocycles. The number of ether oxygens (including phenoxy) is 1. The zero-order valence-electron chi connectivity index (χ0n) is 11.3. The molecule has 2 aromatic rings. The number of thiazole rings is 1. The van der Waals surface area contributed by atoms with Crippen molar-refractivity contribution in [3.8, 4) is 0 Å². The lowest BCUT2D eigenvalue weighted by Crippen LogP contribution is -2.08. The second-order valence-corrected chi connectivity index (χ2v) is 7.83. The van der Waals surface area contributed by atoms with Crippen molar-refractivity contribution in [3.63, 3.8) is 0 Å². The summed E-state index contributed by atoms with van der Waals surface area (Å²) >= 11 is 7.37. The van der Waals surface area contributed by atoms with Crippen LogP contribution >= 0.6 is 22.9 Å². The van der Waals surface area contributed by atoms with Crippen molar-refractivity contribution >= 4 is 38.7 Å². The third-order valence-corrected chi connectivity index (χ3v) is 4.87. The highest BCUT2D eigenvalue weighted by atomic mass is 35.5. The number of hydrogen-bond donors (Lipinski definition) is 0. The van der Waals surface area contributed by atoms with Gasteiger partial charge in [0, 0.05) is 11.6 Å². The van der Waals surface area contributed by atoms with Crippen LogP contribution in [-0.2, 0) is 21.2 Å². The summed E-state index contributed by atoms with van der Waals surface area (Å²) in [6.07, 6.45) is 1.06. The number of carbonyl (C=O) groups excluding carboxylic acids is 1. The number of sulfone groups is 1. The minimum absolute atomic E-state index is 0.0165. The van der Waals surface area contributed by atoms with Gasteiger partial charge in [0.15, 0.2) is 9.84 Å². The number of benzene rings is 1. The maximum atomic E-state index is 12.0. The van der Waals surface area contributed by atoms with Gasteiger partial charge >= 0.3 is 5.97 Å². The number of carbonyl (C=O) groups is 1. The molecule has 0 saturated heterocycles. The van der Waals surface area contributed by atoms with Gasteiger partial charge in [-0.3, -0.25) is 0 Å². The number of hydrogen-bond acceptors (Lipinski definition) is 6. The lowest BCUT2D eigenvalue weighted by molar-refractivity contribution is 0.0468. The highest BCUT2D eigenvalue weighted by molar-refractivity contribution is 7.90. The molecule has 0 bridgehead atoms. The zero-order chi connectivity index (χ0) is 15.6. The summed E-state index contributed by atoms with van der Waals surface area (Å²) in [6.45, 7) is 1.87. The molecule has 0 aliphatic rings. The number of aryl methyl sites for hydroxylation is 1. The van der Waals surface area contributed by atoms with E-state index in [1.54, 1.807) is 5.38 Å². The Morgan fingerprint density at radius 1 is 1.43 bits per heavy atom. The highest BCUT2D eigenvalue weighted by Gasteiger charge is 2.17.